The molecule has 0 saturated carbocycles. The first-order chi connectivity index (χ1) is 11.4. The molecule has 6 heteroatoms. The zero-order chi connectivity index (χ0) is 17.7. The minimum absolute atomic E-state index is 0.0290. The Hall–Kier alpha value is -2.63. The van der Waals surface area contributed by atoms with E-state index in [0.717, 1.165) is 5.56 Å². The normalized spacial score (nSPS) is 13.9. The molecule has 21 heavy (non-hydrogen) atoms. The molecule has 1 atom stereocenters. The Labute approximate surface area is 126 Å². The lowest BCUT2D eigenvalue weighted by molar-refractivity contribution is 0.139. The van der Waals surface area contributed by atoms with Gasteiger partial charge in [-0.25, -0.2) is 9.78 Å². The van der Waals surface area contributed by atoms with Gasteiger partial charge in [0.2, 0.25) is 0 Å². The topological polar surface area (TPSA) is 84.1 Å². The van der Waals surface area contributed by atoms with Crippen LogP contribution in [0.25, 0.3) is 0 Å². The molecule has 1 amide bonds. The van der Waals surface area contributed by atoms with Crippen molar-refractivity contribution in [3.05, 3.63) is 63.3 Å². The first kappa shape index (κ1) is 11.1. The maximum absolute atomic E-state index is 11.9. The highest BCUT2D eigenvalue weighted by atomic mass is 16.5. The summed E-state index contributed by atoms with van der Waals surface area (Å²) >= 11 is 0. The number of hydrogen-bond acceptors (Lipinski definition) is 4. The average molecular weight is 290 g/mol. The Kier molecular flexibility index (Phi) is 3.53. The van der Waals surface area contributed by atoms with Gasteiger partial charge < -0.3 is 15.0 Å². The smallest absolute Gasteiger partial charge is 0.407 e. The Bertz CT molecular complexity index is 766. The van der Waals surface area contributed by atoms with Gasteiger partial charge >= 0.3 is 6.09 Å². The Morgan fingerprint density at radius 1 is 1.48 bits per heavy atom. The maximum Gasteiger partial charge on any atom is 0.407 e. The SMILES string of the molecule is [2H]C([2H])c1nc(C([2H])NC(=O)OCc2ccccc2)c(=O)[nH]c1C. The molecular weight excluding hydrogens is 270 g/mol. The number of carbonyl (C=O) groups is 1. The quantitative estimate of drug-likeness (QED) is 0.899. The van der Waals surface area contributed by atoms with Gasteiger partial charge in [-0.05, 0) is 19.4 Å². The summed E-state index contributed by atoms with van der Waals surface area (Å²) in [4.78, 5) is 29.9. The summed E-state index contributed by atoms with van der Waals surface area (Å²) in [5.41, 5.74) is 0.157. The first-order valence-electron chi connectivity index (χ1n) is 7.96. The minimum Gasteiger partial charge on any atom is -0.445 e. The molecule has 0 fully saturated rings. The maximum atomic E-state index is 11.9. The van der Waals surface area contributed by atoms with Crippen molar-refractivity contribution in [1.29, 1.82) is 0 Å². The van der Waals surface area contributed by atoms with E-state index in [-0.39, 0.29) is 23.7 Å². The largest absolute Gasteiger partial charge is 0.445 e. The highest BCUT2D eigenvalue weighted by molar-refractivity contribution is 5.67. The average Bonchev–Trinajstić information content (AvgIpc) is 2.53. The summed E-state index contributed by atoms with van der Waals surface area (Å²) in [5.74, 6) is 0. The van der Waals surface area contributed by atoms with Crippen LogP contribution in [-0.2, 0) is 17.9 Å². The molecule has 0 spiro atoms. The number of alkyl carbamates (subject to hydrolysis) is 1. The van der Waals surface area contributed by atoms with Crippen LogP contribution in [-0.4, -0.2) is 16.1 Å². The number of benzene rings is 1. The summed E-state index contributed by atoms with van der Waals surface area (Å²) in [6.45, 7) is -1.32. The van der Waals surface area contributed by atoms with E-state index in [1.54, 1.807) is 24.3 Å². The van der Waals surface area contributed by atoms with Crippen LogP contribution in [0.4, 0.5) is 4.79 Å². The molecule has 110 valence electrons. The van der Waals surface area contributed by atoms with E-state index in [0.29, 0.717) is 0 Å². The van der Waals surface area contributed by atoms with Gasteiger partial charge in [-0.15, -0.1) is 0 Å². The van der Waals surface area contributed by atoms with E-state index in [9.17, 15) is 9.59 Å². The van der Waals surface area contributed by atoms with Crippen molar-refractivity contribution in [2.24, 2.45) is 0 Å². The second-order valence-corrected chi connectivity index (χ2v) is 4.31. The van der Waals surface area contributed by atoms with Crippen LogP contribution in [0.2, 0.25) is 0 Å². The van der Waals surface area contributed by atoms with E-state index in [1.165, 1.54) is 6.92 Å². The number of hydrogen-bond donors (Lipinski definition) is 2. The van der Waals surface area contributed by atoms with Crippen molar-refractivity contribution in [2.75, 3.05) is 0 Å². The van der Waals surface area contributed by atoms with Crippen molar-refractivity contribution in [2.45, 2.75) is 26.9 Å². The number of aromatic amines is 1. The molecule has 0 aliphatic rings. The summed E-state index contributed by atoms with van der Waals surface area (Å²) in [6, 6.07) is 9.01. The zero-order valence-corrected chi connectivity index (χ0v) is 11.4. The first-order valence-corrected chi connectivity index (χ1v) is 6.23. The third-order valence-corrected chi connectivity index (χ3v) is 2.70. The minimum atomic E-state index is -1.46. The molecule has 6 nitrogen and oxygen atoms in total. The summed E-state index contributed by atoms with van der Waals surface area (Å²) in [7, 11) is 0. The number of nitrogens with zero attached hydrogens (tertiary/aromatic N) is 1. The van der Waals surface area contributed by atoms with Crippen molar-refractivity contribution < 1.29 is 13.6 Å². The third-order valence-electron chi connectivity index (χ3n) is 2.70. The Balaban J connectivity index is 2.04. The van der Waals surface area contributed by atoms with Gasteiger partial charge in [0.15, 0.2) is 0 Å². The second-order valence-electron chi connectivity index (χ2n) is 4.31. The van der Waals surface area contributed by atoms with Gasteiger partial charge in [0.25, 0.3) is 5.56 Å². The van der Waals surface area contributed by atoms with Gasteiger partial charge in [0, 0.05) is 8.44 Å². The number of aryl methyl sites for hydroxylation is 2. The molecule has 2 N–H and O–H groups in total. The number of ether oxygens (including phenoxy) is 1. The van der Waals surface area contributed by atoms with Crippen LogP contribution in [0.15, 0.2) is 35.1 Å². The van der Waals surface area contributed by atoms with E-state index < -0.39 is 25.0 Å². The van der Waals surface area contributed by atoms with Gasteiger partial charge in [-0.3, -0.25) is 4.79 Å². The number of carbonyl (C=O) groups excluding carboxylic acids is 1. The van der Waals surface area contributed by atoms with E-state index in [1.807, 2.05) is 6.07 Å². The molecule has 0 saturated heterocycles. The van der Waals surface area contributed by atoms with Crippen LogP contribution < -0.4 is 10.9 Å². The Morgan fingerprint density at radius 2 is 2.24 bits per heavy atom. The highest BCUT2D eigenvalue weighted by Gasteiger charge is 2.08. The Morgan fingerprint density at radius 3 is 2.95 bits per heavy atom. The number of rotatable bonds is 4. The van der Waals surface area contributed by atoms with Gasteiger partial charge in [0.05, 0.1) is 13.6 Å². The molecule has 0 bridgehead atoms. The van der Waals surface area contributed by atoms with Crippen LogP contribution in [0.1, 0.15) is 26.8 Å². The van der Waals surface area contributed by atoms with E-state index in [2.05, 4.69) is 15.3 Å². The van der Waals surface area contributed by atoms with E-state index in [4.69, 9.17) is 8.85 Å². The zero-order valence-electron chi connectivity index (χ0n) is 14.4. The van der Waals surface area contributed by atoms with Crippen LogP contribution in [0.5, 0.6) is 0 Å². The number of H-pyrrole nitrogens is 1. The number of amides is 1. The molecule has 0 radical (unpaired) electrons. The summed E-state index contributed by atoms with van der Waals surface area (Å²) in [5, 5.41) is 2.19. The molecule has 0 aliphatic carbocycles. The monoisotopic (exact) mass is 290 g/mol. The van der Waals surface area contributed by atoms with Gasteiger partial charge in [-0.1, -0.05) is 30.3 Å². The van der Waals surface area contributed by atoms with Crippen molar-refractivity contribution in [3.8, 4) is 0 Å². The fourth-order valence-corrected chi connectivity index (χ4v) is 1.55. The molecule has 0 aliphatic heterocycles. The van der Waals surface area contributed by atoms with Crippen LogP contribution in [0, 0.1) is 13.8 Å². The summed E-state index contributed by atoms with van der Waals surface area (Å²) in [6.07, 6.45) is -0.865. The van der Waals surface area contributed by atoms with Gasteiger partial charge in [-0.2, -0.15) is 0 Å². The highest BCUT2D eigenvalue weighted by Crippen LogP contribution is 2.01. The van der Waals surface area contributed by atoms with Crippen LogP contribution >= 0.6 is 0 Å². The lowest BCUT2D eigenvalue weighted by Gasteiger charge is -2.07. The molecule has 1 unspecified atom stereocenters. The molecule has 1 heterocycles. The second kappa shape index (κ2) is 6.69. The lowest BCUT2D eigenvalue weighted by atomic mass is 10.2. The molecule has 2 rings (SSSR count). The van der Waals surface area contributed by atoms with E-state index >= 15 is 0 Å². The molecule has 1 aromatic carbocycles. The standard InChI is InChI=1S/C15H17N3O3/c1-10-11(2)18-14(19)13(17-10)8-16-15(20)21-9-12-6-4-3-5-7-12/h3-7H,8-9H2,1-2H3,(H,16,20)(H,18,19)/i1D2,8D. The predicted octanol–water partition coefficient (Wildman–Crippen LogP) is 1.81. The summed E-state index contributed by atoms with van der Waals surface area (Å²) < 4.78 is 27.6. The molecule has 1 aromatic heterocycles. The van der Waals surface area contributed by atoms with Crippen molar-refractivity contribution in [1.82, 2.24) is 15.3 Å². The molecular formula is C15H17N3O3. The third kappa shape index (κ3) is 4.17. The van der Waals surface area contributed by atoms with Crippen molar-refractivity contribution in [3.63, 3.8) is 0 Å². The number of aromatic nitrogens is 2. The lowest BCUT2D eigenvalue weighted by Crippen LogP contribution is -2.29. The van der Waals surface area contributed by atoms with Crippen molar-refractivity contribution >= 4 is 6.09 Å². The van der Waals surface area contributed by atoms with Crippen LogP contribution in [0.3, 0.4) is 0 Å². The predicted molar refractivity (Wildman–Crippen MR) is 77.8 cm³/mol. The van der Waals surface area contributed by atoms with Gasteiger partial charge in [0.1, 0.15) is 12.3 Å². The number of nitrogens with one attached hydrogen (secondary N) is 2. The fraction of sp³-hybridized carbons (Fsp3) is 0.267. The fourth-order valence-electron chi connectivity index (χ4n) is 1.55. The molecule has 2 aromatic rings.